The van der Waals surface area contributed by atoms with Gasteiger partial charge in [-0.1, -0.05) is 12.8 Å². The maximum atomic E-state index is 10.7. The number of hydrogen-bond donors (Lipinski definition) is 2. The number of carboxylic acid groups (broad SMARTS) is 1. The molecule has 1 aromatic rings. The van der Waals surface area contributed by atoms with Crippen molar-refractivity contribution in [1.82, 2.24) is 4.98 Å². The molecule has 1 aliphatic carbocycles. The van der Waals surface area contributed by atoms with Gasteiger partial charge in [-0.05, 0) is 12.3 Å². The molecule has 5 nitrogen and oxygen atoms in total. The van der Waals surface area contributed by atoms with E-state index in [1.807, 2.05) is 0 Å². The number of aromatic carboxylic acids is 1. The molecule has 0 saturated heterocycles. The molecule has 0 radical (unpaired) electrons. The standard InChI is InChI=1S/C9H12N2O3/c10-6(3-5-1-2-5)8-7(9(12)13)11-4-14-8/h4-6H,1-3,10H2,(H,12,13). The van der Waals surface area contributed by atoms with Crippen LogP contribution in [0.2, 0.25) is 0 Å². The molecule has 0 aliphatic heterocycles. The Morgan fingerprint density at radius 1 is 1.79 bits per heavy atom. The van der Waals surface area contributed by atoms with E-state index in [0.717, 1.165) is 12.8 Å². The second-order valence-electron chi connectivity index (χ2n) is 3.66. The fourth-order valence-corrected chi connectivity index (χ4v) is 1.50. The summed E-state index contributed by atoms with van der Waals surface area (Å²) in [5.41, 5.74) is 5.76. The van der Waals surface area contributed by atoms with Crippen molar-refractivity contribution in [3.05, 3.63) is 17.8 Å². The molecule has 0 amide bonds. The van der Waals surface area contributed by atoms with Gasteiger partial charge in [0.25, 0.3) is 0 Å². The Bertz CT molecular complexity index is 344. The van der Waals surface area contributed by atoms with Crippen molar-refractivity contribution in [2.75, 3.05) is 0 Å². The van der Waals surface area contributed by atoms with Gasteiger partial charge in [0.2, 0.25) is 0 Å². The number of nitrogens with zero attached hydrogens (tertiary/aromatic N) is 1. The predicted molar refractivity (Wildman–Crippen MR) is 47.7 cm³/mol. The molecule has 1 heterocycles. The largest absolute Gasteiger partial charge is 0.476 e. The van der Waals surface area contributed by atoms with Crippen LogP contribution in [-0.4, -0.2) is 16.1 Å². The first-order chi connectivity index (χ1) is 6.68. The van der Waals surface area contributed by atoms with Crippen LogP contribution in [0.25, 0.3) is 0 Å². The molecule has 3 N–H and O–H groups in total. The van der Waals surface area contributed by atoms with Crippen molar-refractivity contribution in [2.45, 2.75) is 25.3 Å². The minimum Gasteiger partial charge on any atom is -0.476 e. The van der Waals surface area contributed by atoms with E-state index in [-0.39, 0.29) is 11.7 Å². The molecule has 1 fully saturated rings. The van der Waals surface area contributed by atoms with Gasteiger partial charge in [-0.2, -0.15) is 0 Å². The van der Waals surface area contributed by atoms with E-state index in [4.69, 9.17) is 15.3 Å². The van der Waals surface area contributed by atoms with E-state index in [1.54, 1.807) is 0 Å². The molecule has 1 saturated carbocycles. The molecule has 1 atom stereocenters. The number of carboxylic acids is 1. The molecular weight excluding hydrogens is 184 g/mol. The predicted octanol–water partition coefficient (Wildman–Crippen LogP) is 1.17. The SMILES string of the molecule is NC(CC1CC1)c1ocnc1C(=O)O. The fraction of sp³-hybridized carbons (Fsp3) is 0.556. The lowest BCUT2D eigenvalue weighted by Crippen LogP contribution is -2.14. The van der Waals surface area contributed by atoms with E-state index < -0.39 is 5.97 Å². The first-order valence-corrected chi connectivity index (χ1v) is 4.60. The van der Waals surface area contributed by atoms with Crippen LogP contribution in [0.4, 0.5) is 0 Å². The zero-order valence-corrected chi connectivity index (χ0v) is 7.64. The molecular formula is C9H12N2O3. The summed E-state index contributed by atoms with van der Waals surface area (Å²) in [5, 5.41) is 8.78. The fourth-order valence-electron chi connectivity index (χ4n) is 1.50. The number of carbonyl (C=O) groups is 1. The van der Waals surface area contributed by atoms with Crippen LogP contribution in [0.5, 0.6) is 0 Å². The number of oxazole rings is 1. The van der Waals surface area contributed by atoms with Crippen molar-refractivity contribution in [3.8, 4) is 0 Å². The van der Waals surface area contributed by atoms with Crippen molar-refractivity contribution in [3.63, 3.8) is 0 Å². The normalized spacial score (nSPS) is 18.1. The molecule has 14 heavy (non-hydrogen) atoms. The lowest BCUT2D eigenvalue weighted by Gasteiger charge is -2.07. The van der Waals surface area contributed by atoms with Gasteiger partial charge < -0.3 is 15.3 Å². The average Bonchev–Trinajstić information content (AvgIpc) is 2.81. The Morgan fingerprint density at radius 3 is 3.07 bits per heavy atom. The first kappa shape index (κ1) is 9.21. The molecule has 1 aromatic heterocycles. The van der Waals surface area contributed by atoms with Crippen LogP contribution in [-0.2, 0) is 0 Å². The summed E-state index contributed by atoms with van der Waals surface area (Å²) in [6.07, 6.45) is 4.29. The number of nitrogens with two attached hydrogens (primary N) is 1. The molecule has 1 unspecified atom stereocenters. The van der Waals surface area contributed by atoms with E-state index in [0.29, 0.717) is 11.7 Å². The summed E-state index contributed by atoms with van der Waals surface area (Å²) in [4.78, 5) is 14.3. The Hall–Kier alpha value is -1.36. The molecule has 0 aromatic carbocycles. The third-order valence-electron chi connectivity index (χ3n) is 2.42. The maximum Gasteiger partial charge on any atom is 0.358 e. The van der Waals surface area contributed by atoms with Crippen LogP contribution in [0.1, 0.15) is 41.6 Å². The van der Waals surface area contributed by atoms with E-state index >= 15 is 0 Å². The van der Waals surface area contributed by atoms with Crippen LogP contribution in [0, 0.1) is 5.92 Å². The molecule has 0 spiro atoms. The van der Waals surface area contributed by atoms with Crippen molar-refractivity contribution in [1.29, 1.82) is 0 Å². The second-order valence-corrected chi connectivity index (χ2v) is 3.66. The van der Waals surface area contributed by atoms with Gasteiger partial charge in [0.1, 0.15) is 0 Å². The van der Waals surface area contributed by atoms with Gasteiger partial charge in [-0.25, -0.2) is 9.78 Å². The molecule has 1 aliphatic rings. The number of aromatic nitrogens is 1. The lowest BCUT2D eigenvalue weighted by molar-refractivity contribution is 0.0687. The highest BCUT2D eigenvalue weighted by atomic mass is 16.4. The molecule has 0 bridgehead atoms. The Kier molecular flexibility index (Phi) is 2.25. The summed E-state index contributed by atoms with van der Waals surface area (Å²) in [7, 11) is 0. The summed E-state index contributed by atoms with van der Waals surface area (Å²) < 4.78 is 5.00. The van der Waals surface area contributed by atoms with Gasteiger partial charge in [0.05, 0.1) is 6.04 Å². The third-order valence-corrected chi connectivity index (χ3v) is 2.42. The minimum absolute atomic E-state index is 0.0573. The van der Waals surface area contributed by atoms with Crippen molar-refractivity contribution in [2.24, 2.45) is 11.7 Å². The third kappa shape index (κ3) is 1.77. The highest BCUT2D eigenvalue weighted by Crippen LogP contribution is 2.37. The average molecular weight is 196 g/mol. The van der Waals surface area contributed by atoms with E-state index in [9.17, 15) is 4.79 Å². The zero-order valence-electron chi connectivity index (χ0n) is 7.64. The van der Waals surface area contributed by atoms with Crippen LogP contribution in [0.3, 0.4) is 0 Å². The smallest absolute Gasteiger partial charge is 0.358 e. The first-order valence-electron chi connectivity index (χ1n) is 4.60. The highest BCUT2D eigenvalue weighted by molar-refractivity contribution is 5.86. The summed E-state index contributed by atoms with van der Waals surface area (Å²) >= 11 is 0. The quantitative estimate of drug-likeness (QED) is 0.754. The topological polar surface area (TPSA) is 89.4 Å². The van der Waals surface area contributed by atoms with Gasteiger partial charge >= 0.3 is 5.97 Å². The molecule has 2 rings (SSSR count). The van der Waals surface area contributed by atoms with Crippen LogP contribution < -0.4 is 5.73 Å². The van der Waals surface area contributed by atoms with Gasteiger partial charge in [0.15, 0.2) is 17.8 Å². The van der Waals surface area contributed by atoms with Gasteiger partial charge in [-0.3, -0.25) is 0 Å². The van der Waals surface area contributed by atoms with Crippen molar-refractivity contribution >= 4 is 5.97 Å². The van der Waals surface area contributed by atoms with E-state index in [2.05, 4.69) is 4.98 Å². The van der Waals surface area contributed by atoms with Crippen molar-refractivity contribution < 1.29 is 14.3 Å². The van der Waals surface area contributed by atoms with Crippen LogP contribution in [0.15, 0.2) is 10.8 Å². The summed E-state index contributed by atoms with van der Waals surface area (Å²) in [6.45, 7) is 0. The van der Waals surface area contributed by atoms with Gasteiger partial charge in [-0.15, -0.1) is 0 Å². The number of rotatable bonds is 4. The minimum atomic E-state index is -1.08. The van der Waals surface area contributed by atoms with Crippen LogP contribution >= 0.6 is 0 Å². The van der Waals surface area contributed by atoms with Gasteiger partial charge in [0, 0.05) is 0 Å². The highest BCUT2D eigenvalue weighted by Gasteiger charge is 2.28. The number of hydrogen-bond acceptors (Lipinski definition) is 4. The Balaban J connectivity index is 2.12. The maximum absolute atomic E-state index is 10.7. The second kappa shape index (κ2) is 3.42. The molecule has 76 valence electrons. The Morgan fingerprint density at radius 2 is 2.50 bits per heavy atom. The zero-order chi connectivity index (χ0) is 10.1. The van der Waals surface area contributed by atoms with E-state index in [1.165, 1.54) is 12.8 Å². The monoisotopic (exact) mass is 196 g/mol. The Labute approximate surface area is 80.9 Å². The summed E-state index contributed by atoms with van der Waals surface area (Å²) in [6, 6.07) is -0.337. The molecule has 5 heteroatoms. The summed E-state index contributed by atoms with van der Waals surface area (Å²) in [5.74, 6) is -0.152. The lowest BCUT2D eigenvalue weighted by atomic mass is 10.1.